The van der Waals surface area contributed by atoms with Crippen LogP contribution in [0.1, 0.15) is 27.7 Å². The van der Waals surface area contributed by atoms with Gasteiger partial charge < -0.3 is 84.6 Å². The molecule has 0 aromatic rings. The quantitative estimate of drug-likeness (QED) is 0.0471. The molecule has 3 aliphatic heterocycles. The van der Waals surface area contributed by atoms with Crippen LogP contribution in [-0.4, -0.2) is 174 Å². The van der Waals surface area contributed by atoms with Crippen molar-refractivity contribution >= 4 is 11.9 Å². The second kappa shape index (κ2) is 21.9. The van der Waals surface area contributed by atoms with Crippen molar-refractivity contribution in [2.75, 3.05) is 13.2 Å². The normalized spacial score (nSPS) is 38.1. The highest BCUT2D eigenvalue weighted by atomic mass is 16.8. The van der Waals surface area contributed by atoms with Gasteiger partial charge in [0.2, 0.25) is 12.6 Å². The summed E-state index contributed by atoms with van der Waals surface area (Å²) >= 11 is 0. The Morgan fingerprint density at radius 1 is 0.500 bits per heavy atom. The summed E-state index contributed by atoms with van der Waals surface area (Å²) in [5.41, 5.74) is 1.83. The zero-order valence-electron chi connectivity index (χ0n) is 31.0. The van der Waals surface area contributed by atoms with Crippen molar-refractivity contribution in [3.05, 3.63) is 83.1 Å². The number of allylic oxidation sites excluding steroid dienone is 12. The molecule has 0 saturated carbocycles. The monoisotopic (exact) mass is 800 g/mol. The third kappa shape index (κ3) is 12.8. The molecule has 3 fully saturated rings. The topological polar surface area (TPSA) is 312 Å². The van der Waals surface area contributed by atoms with E-state index in [-0.39, 0.29) is 11.1 Å². The highest BCUT2D eigenvalue weighted by Gasteiger charge is 2.48. The van der Waals surface area contributed by atoms with Gasteiger partial charge in [-0.1, -0.05) is 71.9 Å². The molecule has 314 valence electrons. The Hall–Kier alpha value is -3.48. The molecule has 0 bridgehead atoms. The van der Waals surface area contributed by atoms with Crippen LogP contribution < -0.4 is 0 Å². The molecule has 0 radical (unpaired) electrons. The molecule has 3 saturated heterocycles. The fourth-order valence-electron chi connectivity index (χ4n) is 5.22. The summed E-state index contributed by atoms with van der Waals surface area (Å²) in [4.78, 5) is 25.0. The number of hydrogen-bond donors (Lipinski definition) is 11. The van der Waals surface area contributed by atoms with Gasteiger partial charge in [0.1, 0.15) is 67.1 Å². The average molecular weight is 801 g/mol. The maximum Gasteiger partial charge on any atom is 0.336 e. The predicted molar refractivity (Wildman–Crippen MR) is 190 cm³/mol. The number of carbonyl (C=O) groups is 2. The van der Waals surface area contributed by atoms with Gasteiger partial charge in [-0.3, -0.25) is 0 Å². The average Bonchev–Trinajstić information content (AvgIpc) is 3.16. The Labute approximate surface area is 322 Å². The Morgan fingerprint density at radius 2 is 0.911 bits per heavy atom. The minimum absolute atomic E-state index is 0.0929. The van der Waals surface area contributed by atoms with Gasteiger partial charge in [-0.25, -0.2) is 9.59 Å². The summed E-state index contributed by atoms with van der Waals surface area (Å²) in [5.74, 6) is -1.79. The van der Waals surface area contributed by atoms with Crippen LogP contribution >= 0.6 is 0 Å². The second-order valence-corrected chi connectivity index (χ2v) is 13.3. The van der Waals surface area contributed by atoms with Gasteiger partial charge in [-0.05, 0) is 27.7 Å². The van der Waals surface area contributed by atoms with E-state index < -0.39 is 117 Å². The Kier molecular flexibility index (Phi) is 18.3. The van der Waals surface area contributed by atoms with Gasteiger partial charge in [0.05, 0.1) is 13.2 Å². The molecule has 0 aromatic heterocycles. The summed E-state index contributed by atoms with van der Waals surface area (Å²) in [6.45, 7) is 5.21. The van der Waals surface area contributed by atoms with Gasteiger partial charge in [-0.15, -0.1) is 0 Å². The molecule has 0 amide bonds. The number of aliphatic hydroxyl groups is 11. The third-order valence-electron chi connectivity index (χ3n) is 8.82. The van der Waals surface area contributed by atoms with Crippen molar-refractivity contribution in [2.24, 2.45) is 0 Å². The van der Waals surface area contributed by atoms with Crippen LogP contribution in [0.3, 0.4) is 0 Å². The van der Waals surface area contributed by atoms with Crippen LogP contribution in [0.15, 0.2) is 83.1 Å². The number of rotatable bonds is 14. The number of hydrogen-bond acceptors (Lipinski definition) is 19. The summed E-state index contributed by atoms with van der Waals surface area (Å²) in [7, 11) is 0. The highest BCUT2D eigenvalue weighted by Crippen LogP contribution is 2.27. The van der Waals surface area contributed by atoms with Crippen molar-refractivity contribution in [1.82, 2.24) is 0 Å². The number of aliphatic hydroxyl groups excluding tert-OH is 11. The lowest BCUT2D eigenvalue weighted by atomic mass is 9.98. The van der Waals surface area contributed by atoms with Crippen molar-refractivity contribution in [3.63, 3.8) is 0 Å². The molecule has 0 aliphatic carbocycles. The number of carbonyl (C=O) groups excluding carboxylic acids is 2. The molecule has 0 spiro atoms. The summed E-state index contributed by atoms with van der Waals surface area (Å²) in [6, 6.07) is 0. The first-order valence-corrected chi connectivity index (χ1v) is 17.5. The van der Waals surface area contributed by atoms with E-state index in [9.17, 15) is 65.8 Å². The molecule has 56 heavy (non-hydrogen) atoms. The van der Waals surface area contributed by atoms with Crippen LogP contribution in [-0.2, 0) is 38.0 Å². The molecule has 3 rings (SSSR count). The van der Waals surface area contributed by atoms with E-state index in [1.165, 1.54) is 26.0 Å². The van der Waals surface area contributed by atoms with Gasteiger partial charge in [0.25, 0.3) is 0 Å². The molecule has 15 atom stereocenters. The summed E-state index contributed by atoms with van der Waals surface area (Å²) in [5, 5.41) is 109. The summed E-state index contributed by atoms with van der Waals surface area (Å²) < 4.78 is 31.1. The molecule has 15 unspecified atom stereocenters. The van der Waals surface area contributed by atoms with Crippen LogP contribution in [0.25, 0.3) is 0 Å². The van der Waals surface area contributed by atoms with Crippen molar-refractivity contribution in [1.29, 1.82) is 0 Å². The van der Waals surface area contributed by atoms with Gasteiger partial charge in [0, 0.05) is 11.1 Å². The predicted octanol–water partition coefficient (Wildman–Crippen LogP) is -3.09. The van der Waals surface area contributed by atoms with E-state index >= 15 is 0 Å². The zero-order chi connectivity index (χ0) is 41.9. The zero-order valence-corrected chi connectivity index (χ0v) is 31.0. The van der Waals surface area contributed by atoms with E-state index in [1.807, 2.05) is 6.92 Å². The first-order chi connectivity index (χ1) is 26.4. The fourth-order valence-corrected chi connectivity index (χ4v) is 5.22. The van der Waals surface area contributed by atoms with Crippen LogP contribution in [0.4, 0.5) is 0 Å². The molecule has 3 aliphatic rings. The fraction of sp³-hybridized carbons (Fsp3) is 0.568. The maximum atomic E-state index is 12.7. The molecular formula is C37H52O19. The van der Waals surface area contributed by atoms with Crippen LogP contribution in [0.5, 0.6) is 0 Å². The van der Waals surface area contributed by atoms with Crippen molar-refractivity contribution in [2.45, 2.75) is 120 Å². The molecular weight excluding hydrogens is 748 g/mol. The molecule has 19 nitrogen and oxygen atoms in total. The third-order valence-corrected chi connectivity index (χ3v) is 8.82. The van der Waals surface area contributed by atoms with E-state index in [1.54, 1.807) is 55.5 Å². The smallest absolute Gasteiger partial charge is 0.336 e. The van der Waals surface area contributed by atoms with Crippen LogP contribution in [0.2, 0.25) is 0 Å². The Bertz CT molecular complexity index is 1530. The lowest BCUT2D eigenvalue weighted by molar-refractivity contribution is -0.330. The van der Waals surface area contributed by atoms with E-state index in [0.29, 0.717) is 0 Å². The van der Waals surface area contributed by atoms with Crippen molar-refractivity contribution in [3.8, 4) is 0 Å². The lowest BCUT2D eigenvalue weighted by Gasteiger charge is -2.42. The molecule has 0 aromatic carbocycles. The van der Waals surface area contributed by atoms with E-state index in [4.69, 9.17) is 28.4 Å². The van der Waals surface area contributed by atoms with Crippen LogP contribution in [0, 0.1) is 0 Å². The second-order valence-electron chi connectivity index (χ2n) is 13.3. The summed E-state index contributed by atoms with van der Waals surface area (Å²) in [6.07, 6.45) is -8.69. The van der Waals surface area contributed by atoms with Gasteiger partial charge in [0.15, 0.2) is 12.6 Å². The number of esters is 2. The standard InChI is InChI=1S/C37H52O19/c1-17(9-5-6-10-18(2)12-8-14-20(4)33(49)55-37-31(47)27(43)28(44)34(50)56-37)11-7-13-19(3)32(48)54-36-30(46)26(42)24(40)22(53-36)16-51-35-29(45)25(41)23(39)21(15-38)52-35/h5-14,21-31,34-47,50H,15-16H2,1-4H3. The minimum Gasteiger partial charge on any atom is -0.429 e. The van der Waals surface area contributed by atoms with Crippen molar-refractivity contribution < 1.29 is 94.2 Å². The maximum absolute atomic E-state index is 12.7. The Balaban J connectivity index is 1.48. The molecule has 11 N–H and O–H groups in total. The molecule has 19 heteroatoms. The largest absolute Gasteiger partial charge is 0.429 e. The van der Waals surface area contributed by atoms with Gasteiger partial charge in [-0.2, -0.15) is 0 Å². The van der Waals surface area contributed by atoms with Gasteiger partial charge >= 0.3 is 11.9 Å². The minimum atomic E-state index is -1.85. The highest BCUT2D eigenvalue weighted by molar-refractivity contribution is 5.88. The SMILES string of the molecule is CC(C=CC=C(C)C(=O)OC1OC(O)C(O)C(O)C1O)=CC=CC=C(C)C=CC=C(C)C(=O)OC1OC(COC2OC(CO)C(O)C(O)C2O)C(O)C(O)C1O. The Morgan fingerprint density at radius 3 is 1.39 bits per heavy atom. The molecule has 3 heterocycles. The number of ether oxygens (including phenoxy) is 6. The van der Waals surface area contributed by atoms with E-state index in [2.05, 4.69) is 0 Å². The lowest BCUT2D eigenvalue weighted by Crippen LogP contribution is -2.61. The first kappa shape index (κ1) is 46.9. The first-order valence-electron chi connectivity index (χ1n) is 17.5. The van der Waals surface area contributed by atoms with E-state index in [0.717, 1.165) is 11.1 Å².